The number of fused-ring (bicyclic) bond motifs is 1. The van der Waals surface area contributed by atoms with Gasteiger partial charge in [0.2, 0.25) is 5.95 Å². The minimum absolute atomic E-state index is 0.0398. The number of piperidine rings is 1. The van der Waals surface area contributed by atoms with E-state index in [-0.39, 0.29) is 25.0 Å². The second-order valence-electron chi connectivity index (χ2n) is 5.28. The summed E-state index contributed by atoms with van der Waals surface area (Å²) in [5, 5.41) is 0.876. The number of nitrogen functional groups attached to an aromatic ring is 1. The Morgan fingerprint density at radius 1 is 1.19 bits per heavy atom. The van der Waals surface area contributed by atoms with Crippen molar-refractivity contribution >= 4 is 16.9 Å². The van der Waals surface area contributed by atoms with Crippen molar-refractivity contribution in [3.05, 3.63) is 30.0 Å². The van der Waals surface area contributed by atoms with E-state index in [1.807, 2.05) is 18.2 Å². The van der Waals surface area contributed by atoms with Gasteiger partial charge in [-0.1, -0.05) is 12.1 Å². The highest BCUT2D eigenvalue weighted by Crippen LogP contribution is 2.33. The van der Waals surface area contributed by atoms with Crippen LogP contribution in [0.15, 0.2) is 24.4 Å². The van der Waals surface area contributed by atoms with Gasteiger partial charge in [0.15, 0.2) is 0 Å². The van der Waals surface area contributed by atoms with Gasteiger partial charge in [-0.05, 0) is 30.4 Å². The van der Waals surface area contributed by atoms with Gasteiger partial charge >= 0.3 is 6.30 Å². The van der Waals surface area contributed by atoms with Gasteiger partial charge in [-0.25, -0.2) is 14.9 Å². The molecule has 1 aliphatic heterocycles. The standard InChI is InChI=1S/C14H15F3N4/c15-14(16,17)21-5-3-9(4-6-21)10-1-2-11-8-19-13(18)20-12(11)7-10/h1-2,7-9H,3-6H2,(H2,18,19,20). The summed E-state index contributed by atoms with van der Waals surface area (Å²) in [4.78, 5) is 8.66. The zero-order valence-corrected chi connectivity index (χ0v) is 11.3. The van der Waals surface area contributed by atoms with E-state index in [0.717, 1.165) is 16.5 Å². The second kappa shape index (κ2) is 5.14. The average Bonchev–Trinajstić information content (AvgIpc) is 2.45. The van der Waals surface area contributed by atoms with Gasteiger partial charge in [0, 0.05) is 24.7 Å². The van der Waals surface area contributed by atoms with Crippen molar-refractivity contribution in [2.24, 2.45) is 0 Å². The SMILES string of the molecule is Nc1ncc2ccc(C3CCN(C(F)(F)F)CC3)cc2n1. The maximum atomic E-state index is 12.6. The lowest BCUT2D eigenvalue weighted by atomic mass is 9.89. The third kappa shape index (κ3) is 2.92. The summed E-state index contributed by atoms with van der Waals surface area (Å²) in [6.07, 6.45) is -1.60. The van der Waals surface area contributed by atoms with Crippen molar-refractivity contribution in [1.29, 1.82) is 0 Å². The summed E-state index contributed by atoms with van der Waals surface area (Å²) in [7, 11) is 0. The first-order chi connectivity index (χ1) is 9.93. The van der Waals surface area contributed by atoms with E-state index < -0.39 is 6.30 Å². The largest absolute Gasteiger partial charge is 0.459 e. The van der Waals surface area contributed by atoms with Crippen LogP contribution in [0, 0.1) is 0 Å². The number of likely N-dealkylation sites (tertiary alicyclic amines) is 1. The molecule has 21 heavy (non-hydrogen) atoms. The molecule has 0 amide bonds. The van der Waals surface area contributed by atoms with E-state index in [1.54, 1.807) is 6.20 Å². The van der Waals surface area contributed by atoms with Crippen molar-refractivity contribution in [1.82, 2.24) is 14.9 Å². The Hall–Kier alpha value is -1.89. The molecule has 0 bridgehead atoms. The van der Waals surface area contributed by atoms with Crippen LogP contribution in [0.5, 0.6) is 0 Å². The summed E-state index contributed by atoms with van der Waals surface area (Å²) in [6, 6.07) is 5.73. The molecule has 0 unspecified atom stereocenters. The number of nitrogens with two attached hydrogens (primary N) is 1. The molecule has 2 N–H and O–H groups in total. The maximum absolute atomic E-state index is 12.6. The van der Waals surface area contributed by atoms with Crippen LogP contribution < -0.4 is 5.73 Å². The lowest BCUT2D eigenvalue weighted by Crippen LogP contribution is -2.43. The van der Waals surface area contributed by atoms with Crippen molar-refractivity contribution in [2.75, 3.05) is 18.8 Å². The third-order valence-electron chi connectivity index (χ3n) is 3.95. The Kier molecular flexibility index (Phi) is 3.44. The normalized spacial score (nSPS) is 18.2. The van der Waals surface area contributed by atoms with Gasteiger partial charge in [-0.15, -0.1) is 0 Å². The number of hydrogen-bond donors (Lipinski definition) is 1. The molecule has 1 fully saturated rings. The molecule has 112 valence electrons. The molecule has 2 aromatic rings. The predicted octanol–water partition coefficient (Wildman–Crippen LogP) is 2.91. The molecule has 0 atom stereocenters. The molecule has 0 radical (unpaired) electrons. The zero-order valence-electron chi connectivity index (χ0n) is 11.3. The van der Waals surface area contributed by atoms with Crippen molar-refractivity contribution < 1.29 is 13.2 Å². The van der Waals surface area contributed by atoms with Gasteiger partial charge < -0.3 is 5.73 Å². The highest BCUT2D eigenvalue weighted by molar-refractivity contribution is 5.79. The monoisotopic (exact) mass is 296 g/mol. The molecule has 0 aliphatic carbocycles. The van der Waals surface area contributed by atoms with Crippen molar-refractivity contribution in [2.45, 2.75) is 25.1 Å². The predicted molar refractivity (Wildman–Crippen MR) is 73.6 cm³/mol. The number of anilines is 1. The molecule has 0 spiro atoms. The van der Waals surface area contributed by atoms with Crippen LogP contribution >= 0.6 is 0 Å². The van der Waals surface area contributed by atoms with Crippen molar-refractivity contribution in [3.63, 3.8) is 0 Å². The number of alkyl halides is 3. The number of aromatic nitrogens is 2. The first-order valence-corrected chi connectivity index (χ1v) is 6.77. The number of nitrogens with zero attached hydrogens (tertiary/aromatic N) is 3. The fourth-order valence-electron chi connectivity index (χ4n) is 2.77. The Balaban J connectivity index is 1.79. The van der Waals surface area contributed by atoms with Crippen LogP contribution in [0.2, 0.25) is 0 Å². The molecular weight excluding hydrogens is 281 g/mol. The molecule has 3 rings (SSSR count). The highest BCUT2D eigenvalue weighted by Gasteiger charge is 2.39. The summed E-state index contributed by atoms with van der Waals surface area (Å²) >= 11 is 0. The number of rotatable bonds is 1. The molecule has 1 aromatic heterocycles. The summed E-state index contributed by atoms with van der Waals surface area (Å²) in [6.45, 7) is 0.0796. The lowest BCUT2D eigenvalue weighted by molar-refractivity contribution is -0.250. The molecule has 1 aromatic carbocycles. The molecule has 4 nitrogen and oxygen atoms in total. The Bertz CT molecular complexity index is 648. The Labute approximate surface area is 119 Å². The minimum atomic E-state index is -4.23. The first kappa shape index (κ1) is 14.1. The molecular formula is C14H15F3N4. The molecule has 1 aliphatic rings. The second-order valence-corrected chi connectivity index (χ2v) is 5.28. The molecule has 2 heterocycles. The smallest absolute Gasteiger partial charge is 0.368 e. The number of halogens is 3. The zero-order chi connectivity index (χ0) is 15.0. The summed E-state index contributed by atoms with van der Waals surface area (Å²) < 4.78 is 37.9. The Morgan fingerprint density at radius 2 is 1.90 bits per heavy atom. The fraction of sp³-hybridized carbons (Fsp3) is 0.429. The maximum Gasteiger partial charge on any atom is 0.459 e. The van der Waals surface area contributed by atoms with Gasteiger partial charge in [0.1, 0.15) is 0 Å². The van der Waals surface area contributed by atoms with E-state index >= 15 is 0 Å². The number of benzene rings is 1. The lowest BCUT2D eigenvalue weighted by Gasteiger charge is -2.33. The van der Waals surface area contributed by atoms with E-state index in [0.29, 0.717) is 17.7 Å². The first-order valence-electron chi connectivity index (χ1n) is 6.77. The van der Waals surface area contributed by atoms with E-state index in [4.69, 9.17) is 5.73 Å². The minimum Gasteiger partial charge on any atom is -0.368 e. The Morgan fingerprint density at radius 3 is 2.57 bits per heavy atom. The van der Waals surface area contributed by atoms with Crippen LogP contribution in [0.25, 0.3) is 10.9 Å². The highest BCUT2D eigenvalue weighted by atomic mass is 19.4. The van der Waals surface area contributed by atoms with E-state index in [2.05, 4.69) is 9.97 Å². The van der Waals surface area contributed by atoms with E-state index in [9.17, 15) is 13.2 Å². The van der Waals surface area contributed by atoms with Crippen LogP contribution in [-0.4, -0.2) is 34.3 Å². The van der Waals surface area contributed by atoms with Gasteiger partial charge in [-0.3, -0.25) is 0 Å². The van der Waals surface area contributed by atoms with Gasteiger partial charge in [0.25, 0.3) is 0 Å². The quantitative estimate of drug-likeness (QED) is 0.822. The summed E-state index contributed by atoms with van der Waals surface area (Å²) in [5.41, 5.74) is 7.32. The molecule has 7 heteroatoms. The molecule has 1 saturated heterocycles. The summed E-state index contributed by atoms with van der Waals surface area (Å²) in [5.74, 6) is 0.329. The van der Waals surface area contributed by atoms with Crippen molar-refractivity contribution in [3.8, 4) is 0 Å². The fourth-order valence-corrected chi connectivity index (χ4v) is 2.77. The molecule has 0 saturated carbocycles. The number of hydrogen-bond acceptors (Lipinski definition) is 4. The third-order valence-corrected chi connectivity index (χ3v) is 3.95. The van der Waals surface area contributed by atoms with Gasteiger partial charge in [0.05, 0.1) is 5.52 Å². The van der Waals surface area contributed by atoms with Crippen LogP contribution in [0.4, 0.5) is 19.1 Å². The van der Waals surface area contributed by atoms with Crippen LogP contribution in [-0.2, 0) is 0 Å². The average molecular weight is 296 g/mol. The van der Waals surface area contributed by atoms with Crippen LogP contribution in [0.1, 0.15) is 24.3 Å². The van der Waals surface area contributed by atoms with Crippen LogP contribution in [0.3, 0.4) is 0 Å². The topological polar surface area (TPSA) is 55.0 Å². The van der Waals surface area contributed by atoms with E-state index in [1.165, 1.54) is 0 Å². The van der Waals surface area contributed by atoms with Gasteiger partial charge in [-0.2, -0.15) is 13.2 Å².